The molecule has 0 spiro atoms. The van der Waals surface area contributed by atoms with E-state index in [2.05, 4.69) is 83.1 Å². The molecule has 1 heterocycles. The normalized spacial score (nSPS) is 12.9. The number of hydrogen-bond acceptors (Lipinski definition) is 4. The SMILES string of the molecule is CCC(=C(c1ccc(OC(C)CNCC=CC(=O)N(C)C)cc1)c1ccc2[nH]ncc2c1)c1ccccc1. The first-order valence-corrected chi connectivity index (χ1v) is 13.0. The monoisotopic (exact) mass is 508 g/mol. The molecule has 0 radical (unpaired) electrons. The van der Waals surface area contributed by atoms with Crippen molar-refractivity contribution in [2.45, 2.75) is 26.4 Å². The van der Waals surface area contributed by atoms with Crippen LogP contribution in [0, 0.1) is 0 Å². The molecule has 6 heteroatoms. The summed E-state index contributed by atoms with van der Waals surface area (Å²) in [4.78, 5) is 13.2. The molecule has 6 nitrogen and oxygen atoms in total. The van der Waals surface area contributed by atoms with Gasteiger partial charge in [0.2, 0.25) is 5.91 Å². The smallest absolute Gasteiger partial charge is 0.245 e. The Bertz CT molecular complexity index is 1400. The lowest BCUT2D eigenvalue weighted by molar-refractivity contribution is -0.123. The highest BCUT2D eigenvalue weighted by molar-refractivity contribution is 6.00. The van der Waals surface area contributed by atoms with Crippen molar-refractivity contribution in [2.24, 2.45) is 0 Å². The number of allylic oxidation sites excluding steroid dienone is 1. The van der Waals surface area contributed by atoms with Crippen LogP contribution in [0.2, 0.25) is 0 Å². The third-order valence-electron chi connectivity index (χ3n) is 6.38. The molecule has 0 aliphatic carbocycles. The van der Waals surface area contributed by atoms with Crippen molar-refractivity contribution in [1.29, 1.82) is 0 Å². The molecular formula is C32H36N4O2. The Hall–Kier alpha value is -4.16. The lowest BCUT2D eigenvalue weighted by Crippen LogP contribution is -2.29. The zero-order chi connectivity index (χ0) is 26.9. The van der Waals surface area contributed by atoms with Crippen molar-refractivity contribution in [1.82, 2.24) is 20.4 Å². The molecule has 0 aliphatic heterocycles. The number of carbonyl (C=O) groups excluding carboxylic acids is 1. The highest BCUT2D eigenvalue weighted by Crippen LogP contribution is 2.36. The molecule has 0 fully saturated rings. The Balaban J connectivity index is 1.53. The van der Waals surface area contributed by atoms with Crippen LogP contribution in [0.4, 0.5) is 0 Å². The number of nitrogens with zero attached hydrogens (tertiary/aromatic N) is 2. The van der Waals surface area contributed by atoms with Gasteiger partial charge in [0, 0.05) is 38.6 Å². The van der Waals surface area contributed by atoms with Gasteiger partial charge in [-0.2, -0.15) is 5.10 Å². The van der Waals surface area contributed by atoms with Crippen molar-refractivity contribution in [3.63, 3.8) is 0 Å². The number of H-pyrrole nitrogens is 1. The molecule has 1 unspecified atom stereocenters. The minimum Gasteiger partial charge on any atom is -0.489 e. The van der Waals surface area contributed by atoms with Gasteiger partial charge in [-0.05, 0) is 65.4 Å². The second-order valence-electron chi connectivity index (χ2n) is 9.49. The van der Waals surface area contributed by atoms with Crippen LogP contribution in [0.1, 0.15) is 37.0 Å². The Morgan fingerprint density at radius 1 is 1.03 bits per heavy atom. The highest BCUT2D eigenvalue weighted by atomic mass is 16.5. The molecule has 2 N–H and O–H groups in total. The third-order valence-corrected chi connectivity index (χ3v) is 6.38. The topological polar surface area (TPSA) is 70.2 Å². The molecule has 4 rings (SSSR count). The molecule has 3 aromatic carbocycles. The van der Waals surface area contributed by atoms with E-state index in [1.54, 1.807) is 25.1 Å². The van der Waals surface area contributed by atoms with E-state index in [0.29, 0.717) is 13.1 Å². The maximum atomic E-state index is 11.6. The number of carbonyl (C=O) groups is 1. The van der Waals surface area contributed by atoms with Crippen LogP contribution in [-0.4, -0.2) is 54.3 Å². The van der Waals surface area contributed by atoms with Crippen LogP contribution in [0.3, 0.4) is 0 Å². The van der Waals surface area contributed by atoms with Gasteiger partial charge in [0.1, 0.15) is 11.9 Å². The van der Waals surface area contributed by atoms with E-state index in [-0.39, 0.29) is 12.0 Å². The van der Waals surface area contributed by atoms with E-state index in [4.69, 9.17) is 4.74 Å². The summed E-state index contributed by atoms with van der Waals surface area (Å²) >= 11 is 0. The van der Waals surface area contributed by atoms with E-state index < -0.39 is 0 Å². The van der Waals surface area contributed by atoms with E-state index >= 15 is 0 Å². The Labute approximate surface area is 225 Å². The first-order valence-electron chi connectivity index (χ1n) is 13.0. The molecule has 1 amide bonds. The summed E-state index contributed by atoms with van der Waals surface area (Å²) in [6.45, 7) is 5.52. The van der Waals surface area contributed by atoms with Crippen molar-refractivity contribution in [2.75, 3.05) is 27.2 Å². The summed E-state index contributed by atoms with van der Waals surface area (Å²) < 4.78 is 6.15. The predicted octanol–water partition coefficient (Wildman–Crippen LogP) is 5.93. The zero-order valence-electron chi connectivity index (χ0n) is 22.6. The van der Waals surface area contributed by atoms with Gasteiger partial charge in [0.15, 0.2) is 0 Å². The molecule has 4 aromatic rings. The van der Waals surface area contributed by atoms with Crippen LogP contribution in [0.5, 0.6) is 5.75 Å². The van der Waals surface area contributed by atoms with E-state index in [1.807, 2.05) is 31.3 Å². The minimum absolute atomic E-state index is 0.0205. The molecular weight excluding hydrogens is 472 g/mol. The van der Waals surface area contributed by atoms with Crippen LogP contribution in [-0.2, 0) is 4.79 Å². The van der Waals surface area contributed by atoms with Gasteiger partial charge >= 0.3 is 0 Å². The average molecular weight is 509 g/mol. The Morgan fingerprint density at radius 2 is 1.76 bits per heavy atom. The lowest BCUT2D eigenvalue weighted by Gasteiger charge is -2.18. The summed E-state index contributed by atoms with van der Waals surface area (Å²) in [5, 5.41) is 11.6. The fourth-order valence-corrected chi connectivity index (χ4v) is 4.43. The Morgan fingerprint density at radius 3 is 2.47 bits per heavy atom. The van der Waals surface area contributed by atoms with Crippen molar-refractivity contribution >= 4 is 28.0 Å². The van der Waals surface area contributed by atoms with Crippen LogP contribution in [0.15, 0.2) is 91.1 Å². The van der Waals surface area contributed by atoms with Gasteiger partial charge < -0.3 is 15.0 Å². The van der Waals surface area contributed by atoms with Crippen molar-refractivity contribution < 1.29 is 9.53 Å². The van der Waals surface area contributed by atoms with Gasteiger partial charge in [0.05, 0.1) is 11.7 Å². The van der Waals surface area contributed by atoms with Gasteiger partial charge in [-0.1, -0.05) is 61.5 Å². The fourth-order valence-electron chi connectivity index (χ4n) is 4.43. The predicted molar refractivity (Wildman–Crippen MR) is 156 cm³/mol. The van der Waals surface area contributed by atoms with Gasteiger partial charge in [-0.15, -0.1) is 0 Å². The quantitative estimate of drug-likeness (QED) is 0.150. The first-order chi connectivity index (χ1) is 18.5. The summed E-state index contributed by atoms with van der Waals surface area (Å²) in [6, 6.07) is 25.4. The maximum Gasteiger partial charge on any atom is 0.245 e. The molecule has 196 valence electrons. The molecule has 1 aromatic heterocycles. The zero-order valence-corrected chi connectivity index (χ0v) is 22.6. The Kier molecular flexibility index (Phi) is 9.11. The van der Waals surface area contributed by atoms with Crippen molar-refractivity contribution in [3.8, 4) is 5.75 Å². The van der Waals surface area contributed by atoms with Crippen LogP contribution in [0.25, 0.3) is 22.0 Å². The molecule has 38 heavy (non-hydrogen) atoms. The number of rotatable bonds is 11. The average Bonchev–Trinajstić information content (AvgIpc) is 3.40. The fraction of sp³-hybridized carbons (Fsp3) is 0.250. The molecule has 0 bridgehead atoms. The number of likely N-dealkylation sites (N-methyl/N-ethyl adjacent to an activating group) is 1. The number of hydrogen-bond donors (Lipinski definition) is 2. The maximum absolute atomic E-state index is 11.6. The molecule has 1 atom stereocenters. The summed E-state index contributed by atoms with van der Waals surface area (Å²) in [5.74, 6) is 0.802. The number of ether oxygens (including phenoxy) is 1. The number of aromatic amines is 1. The lowest BCUT2D eigenvalue weighted by atomic mass is 9.88. The van der Waals surface area contributed by atoms with Crippen LogP contribution >= 0.6 is 0 Å². The second-order valence-corrected chi connectivity index (χ2v) is 9.49. The second kappa shape index (κ2) is 12.9. The van der Waals surface area contributed by atoms with Crippen LogP contribution < -0.4 is 10.1 Å². The number of nitrogens with one attached hydrogen (secondary N) is 2. The molecule has 0 saturated heterocycles. The highest BCUT2D eigenvalue weighted by Gasteiger charge is 2.14. The minimum atomic E-state index is -0.0206. The summed E-state index contributed by atoms with van der Waals surface area (Å²) in [5.41, 5.74) is 7.05. The third kappa shape index (κ3) is 6.78. The number of aromatic nitrogens is 2. The van der Waals surface area contributed by atoms with E-state index in [0.717, 1.165) is 34.2 Å². The number of fused-ring (bicyclic) bond motifs is 1. The number of amides is 1. The van der Waals surface area contributed by atoms with Gasteiger partial charge in [0.25, 0.3) is 0 Å². The summed E-state index contributed by atoms with van der Waals surface area (Å²) in [6.07, 6.45) is 6.15. The molecule has 0 aliphatic rings. The summed E-state index contributed by atoms with van der Waals surface area (Å²) in [7, 11) is 3.48. The van der Waals surface area contributed by atoms with Gasteiger partial charge in [-0.25, -0.2) is 0 Å². The van der Waals surface area contributed by atoms with Gasteiger partial charge in [-0.3, -0.25) is 9.89 Å². The standard InChI is InChI=1S/C32H36N4O2/c1-5-29(24-10-7-6-8-11-24)32(26-15-18-30-27(20-26)22-34-35-30)25-13-16-28(17-14-25)38-23(2)21-33-19-9-12-31(37)36(3)4/h6-18,20,22-23,33H,5,19,21H2,1-4H3,(H,34,35). The molecule has 0 saturated carbocycles. The van der Waals surface area contributed by atoms with Crippen molar-refractivity contribution in [3.05, 3.63) is 108 Å². The van der Waals surface area contributed by atoms with E-state index in [1.165, 1.54) is 16.7 Å². The largest absolute Gasteiger partial charge is 0.489 e. The first kappa shape index (κ1) is 26.9. The number of benzene rings is 3. The van der Waals surface area contributed by atoms with E-state index in [9.17, 15) is 4.79 Å².